The van der Waals surface area contributed by atoms with E-state index in [-0.39, 0.29) is 24.0 Å². The maximum Gasteiger partial charge on any atom is 0.224 e. The quantitative estimate of drug-likeness (QED) is 0.709. The zero-order chi connectivity index (χ0) is 18.9. The molecule has 2 N–H and O–H groups in total. The van der Waals surface area contributed by atoms with Crippen molar-refractivity contribution in [2.24, 2.45) is 0 Å². The molecule has 2 aromatic carbocycles. The number of benzene rings is 2. The Morgan fingerprint density at radius 2 is 1.42 bits per heavy atom. The lowest BCUT2D eigenvalue weighted by molar-refractivity contribution is -0.116. The van der Waals surface area contributed by atoms with Gasteiger partial charge in [0.1, 0.15) is 5.75 Å². The second-order valence-corrected chi connectivity index (χ2v) is 5.81. The van der Waals surface area contributed by atoms with Gasteiger partial charge in [0.05, 0.1) is 7.11 Å². The minimum absolute atomic E-state index is 0.000105. The molecule has 0 atom stereocenters. The molecule has 0 bridgehead atoms. The fourth-order valence-electron chi connectivity index (χ4n) is 2.39. The van der Waals surface area contributed by atoms with Crippen LogP contribution in [0, 0.1) is 0 Å². The third-order valence-electron chi connectivity index (χ3n) is 3.71. The van der Waals surface area contributed by atoms with Gasteiger partial charge in [-0.05, 0) is 55.0 Å². The van der Waals surface area contributed by atoms with Gasteiger partial charge in [0, 0.05) is 36.7 Å². The van der Waals surface area contributed by atoms with Crippen LogP contribution in [0.1, 0.15) is 36.5 Å². The molecule has 136 valence electrons. The van der Waals surface area contributed by atoms with Gasteiger partial charge in [0.25, 0.3) is 0 Å². The van der Waals surface area contributed by atoms with Crippen molar-refractivity contribution in [2.45, 2.75) is 26.2 Å². The van der Waals surface area contributed by atoms with Crippen molar-refractivity contribution in [1.29, 1.82) is 0 Å². The Balaban J connectivity index is 1.75. The Bertz CT molecular complexity index is 767. The van der Waals surface area contributed by atoms with Crippen LogP contribution in [0.25, 0.3) is 0 Å². The number of Topliss-reactive ketones (excluding diaryl/α,β-unsaturated/α-hetero) is 1. The molecular weight excluding hydrogens is 332 g/mol. The van der Waals surface area contributed by atoms with Crippen LogP contribution < -0.4 is 15.4 Å². The first-order valence-corrected chi connectivity index (χ1v) is 8.32. The Labute approximate surface area is 152 Å². The fourth-order valence-corrected chi connectivity index (χ4v) is 2.39. The SMILES string of the molecule is COc1ccc(C(=O)CCCC(=O)Nc2ccc(NC(C)=O)cc2)cc1. The molecule has 0 saturated heterocycles. The van der Waals surface area contributed by atoms with E-state index in [4.69, 9.17) is 4.74 Å². The number of methoxy groups -OCH3 is 1. The third-order valence-corrected chi connectivity index (χ3v) is 3.71. The van der Waals surface area contributed by atoms with Crippen molar-refractivity contribution in [1.82, 2.24) is 0 Å². The van der Waals surface area contributed by atoms with E-state index in [0.29, 0.717) is 35.5 Å². The first-order valence-electron chi connectivity index (χ1n) is 8.32. The van der Waals surface area contributed by atoms with Crippen LogP contribution in [0.2, 0.25) is 0 Å². The minimum atomic E-state index is -0.153. The largest absolute Gasteiger partial charge is 0.497 e. The summed E-state index contributed by atoms with van der Waals surface area (Å²) < 4.78 is 5.06. The summed E-state index contributed by atoms with van der Waals surface area (Å²) in [6.07, 6.45) is 1.04. The highest BCUT2D eigenvalue weighted by Gasteiger charge is 2.08. The summed E-state index contributed by atoms with van der Waals surface area (Å²) in [5.41, 5.74) is 1.92. The van der Waals surface area contributed by atoms with E-state index >= 15 is 0 Å². The van der Waals surface area contributed by atoms with Gasteiger partial charge in [-0.3, -0.25) is 14.4 Å². The average Bonchev–Trinajstić information content (AvgIpc) is 2.63. The topological polar surface area (TPSA) is 84.5 Å². The van der Waals surface area contributed by atoms with Crippen molar-refractivity contribution in [3.63, 3.8) is 0 Å². The van der Waals surface area contributed by atoms with Gasteiger partial charge in [-0.25, -0.2) is 0 Å². The van der Waals surface area contributed by atoms with E-state index in [0.717, 1.165) is 0 Å². The number of carbonyl (C=O) groups is 3. The number of carbonyl (C=O) groups excluding carboxylic acids is 3. The molecular formula is C20H22N2O4. The van der Waals surface area contributed by atoms with Crippen LogP contribution in [0.4, 0.5) is 11.4 Å². The normalized spacial score (nSPS) is 10.1. The number of hydrogen-bond donors (Lipinski definition) is 2. The summed E-state index contributed by atoms with van der Waals surface area (Å²) in [7, 11) is 1.57. The number of hydrogen-bond acceptors (Lipinski definition) is 4. The van der Waals surface area contributed by atoms with E-state index < -0.39 is 0 Å². The van der Waals surface area contributed by atoms with Crippen molar-refractivity contribution < 1.29 is 19.1 Å². The lowest BCUT2D eigenvalue weighted by Crippen LogP contribution is -2.12. The predicted molar refractivity (Wildman–Crippen MR) is 101 cm³/mol. The van der Waals surface area contributed by atoms with E-state index in [1.165, 1.54) is 6.92 Å². The third kappa shape index (κ3) is 6.05. The lowest BCUT2D eigenvalue weighted by atomic mass is 10.1. The Kier molecular flexibility index (Phi) is 6.91. The highest BCUT2D eigenvalue weighted by Crippen LogP contribution is 2.16. The lowest BCUT2D eigenvalue weighted by Gasteiger charge is -2.07. The molecule has 0 aliphatic heterocycles. The molecule has 2 aromatic rings. The summed E-state index contributed by atoms with van der Waals surface area (Å²) in [6, 6.07) is 13.8. The molecule has 0 aliphatic rings. The van der Waals surface area contributed by atoms with Gasteiger partial charge in [-0.15, -0.1) is 0 Å². The van der Waals surface area contributed by atoms with Crippen molar-refractivity contribution >= 4 is 29.0 Å². The molecule has 0 aromatic heterocycles. The predicted octanol–water partition coefficient (Wildman–Crippen LogP) is 3.65. The standard InChI is InChI=1S/C20H22N2O4/c1-14(23)21-16-8-10-17(11-9-16)22-20(25)5-3-4-19(24)15-6-12-18(26-2)13-7-15/h6-13H,3-5H2,1-2H3,(H,21,23)(H,22,25). The van der Waals surface area contributed by atoms with Crippen LogP contribution in [0.3, 0.4) is 0 Å². The zero-order valence-corrected chi connectivity index (χ0v) is 14.9. The number of amides is 2. The molecule has 0 saturated carbocycles. The maximum atomic E-state index is 12.1. The first kappa shape index (κ1) is 19.2. The molecule has 2 rings (SSSR count). The Hall–Kier alpha value is -3.15. The average molecular weight is 354 g/mol. The van der Waals surface area contributed by atoms with Crippen LogP contribution in [0.15, 0.2) is 48.5 Å². The van der Waals surface area contributed by atoms with Gasteiger partial charge in [-0.1, -0.05) is 0 Å². The molecule has 0 radical (unpaired) electrons. The smallest absolute Gasteiger partial charge is 0.224 e. The maximum absolute atomic E-state index is 12.1. The number of ketones is 1. The molecule has 2 amide bonds. The van der Waals surface area contributed by atoms with Crippen LogP contribution in [0.5, 0.6) is 5.75 Å². The second kappa shape index (κ2) is 9.36. The second-order valence-electron chi connectivity index (χ2n) is 5.81. The molecule has 0 spiro atoms. The number of anilines is 2. The fraction of sp³-hybridized carbons (Fsp3) is 0.250. The van der Waals surface area contributed by atoms with Gasteiger partial charge in [0.15, 0.2) is 5.78 Å². The molecule has 0 unspecified atom stereocenters. The van der Waals surface area contributed by atoms with E-state index in [2.05, 4.69) is 10.6 Å². The van der Waals surface area contributed by atoms with Crippen LogP contribution >= 0.6 is 0 Å². The number of nitrogens with one attached hydrogen (secondary N) is 2. The summed E-state index contributed by atoms with van der Waals surface area (Å²) in [5, 5.41) is 5.43. The van der Waals surface area contributed by atoms with Crippen LogP contribution in [-0.2, 0) is 9.59 Å². The monoisotopic (exact) mass is 354 g/mol. The van der Waals surface area contributed by atoms with Crippen LogP contribution in [-0.4, -0.2) is 24.7 Å². The van der Waals surface area contributed by atoms with Gasteiger partial charge in [-0.2, -0.15) is 0 Å². The zero-order valence-electron chi connectivity index (χ0n) is 14.9. The molecule has 26 heavy (non-hydrogen) atoms. The summed E-state index contributed by atoms with van der Waals surface area (Å²) in [6.45, 7) is 1.43. The number of rotatable bonds is 8. The van der Waals surface area contributed by atoms with E-state index in [1.54, 1.807) is 55.6 Å². The van der Waals surface area contributed by atoms with Gasteiger partial charge >= 0.3 is 0 Å². The van der Waals surface area contributed by atoms with Crippen molar-refractivity contribution in [3.05, 3.63) is 54.1 Å². The van der Waals surface area contributed by atoms with E-state index in [9.17, 15) is 14.4 Å². The van der Waals surface area contributed by atoms with Crippen molar-refractivity contribution in [2.75, 3.05) is 17.7 Å². The van der Waals surface area contributed by atoms with Crippen molar-refractivity contribution in [3.8, 4) is 5.75 Å². The number of ether oxygens (including phenoxy) is 1. The first-order chi connectivity index (χ1) is 12.5. The molecule has 0 aliphatic carbocycles. The highest BCUT2D eigenvalue weighted by molar-refractivity contribution is 5.97. The summed E-state index contributed by atoms with van der Waals surface area (Å²) >= 11 is 0. The molecule has 0 fully saturated rings. The van der Waals surface area contributed by atoms with Gasteiger partial charge in [0.2, 0.25) is 11.8 Å². The summed E-state index contributed by atoms with van der Waals surface area (Å²) in [4.78, 5) is 35.0. The molecule has 6 heteroatoms. The minimum Gasteiger partial charge on any atom is -0.497 e. The highest BCUT2D eigenvalue weighted by atomic mass is 16.5. The Morgan fingerprint density at radius 1 is 0.846 bits per heavy atom. The Morgan fingerprint density at radius 3 is 1.96 bits per heavy atom. The van der Waals surface area contributed by atoms with Gasteiger partial charge < -0.3 is 15.4 Å². The molecule has 6 nitrogen and oxygen atoms in total. The van der Waals surface area contributed by atoms with E-state index in [1.807, 2.05) is 0 Å². The molecule has 0 heterocycles. The summed E-state index contributed by atoms with van der Waals surface area (Å²) in [5.74, 6) is 0.397.